The second-order valence-electron chi connectivity index (χ2n) is 7.31. The third-order valence-corrected chi connectivity index (χ3v) is 5.43. The summed E-state index contributed by atoms with van der Waals surface area (Å²) in [6.45, 7) is 1.62. The van der Waals surface area contributed by atoms with Gasteiger partial charge in [0.1, 0.15) is 0 Å². The van der Waals surface area contributed by atoms with Crippen LogP contribution in [0.3, 0.4) is 0 Å². The largest absolute Gasteiger partial charge is 0.353 e. The first kappa shape index (κ1) is 22.2. The molecule has 1 saturated heterocycles. The number of nitrogens with zero attached hydrogens (tertiary/aromatic N) is 3. The van der Waals surface area contributed by atoms with Crippen LogP contribution in [0.1, 0.15) is 37.2 Å². The van der Waals surface area contributed by atoms with Crippen molar-refractivity contribution in [1.29, 1.82) is 0 Å². The van der Waals surface area contributed by atoms with Crippen LogP contribution < -0.4 is 10.6 Å². The number of hydrogen-bond donors (Lipinski definition) is 2. The van der Waals surface area contributed by atoms with Gasteiger partial charge in [0, 0.05) is 44.3 Å². The summed E-state index contributed by atoms with van der Waals surface area (Å²) in [4.78, 5) is 15.1. The molecular formula is C17H31Cl2N5O. The van der Waals surface area contributed by atoms with E-state index in [1.54, 1.807) is 0 Å². The lowest BCUT2D eigenvalue weighted by Crippen LogP contribution is -2.46. The molecule has 2 fully saturated rings. The number of halogens is 2. The molecule has 1 aliphatic carbocycles. The molecule has 4 atom stereocenters. The minimum atomic E-state index is 0. The Labute approximate surface area is 162 Å². The molecule has 0 spiro atoms. The highest BCUT2D eigenvalue weighted by Crippen LogP contribution is 2.29. The second kappa shape index (κ2) is 9.76. The minimum absolute atomic E-state index is 0. The van der Waals surface area contributed by atoms with Gasteiger partial charge in [0.25, 0.3) is 0 Å². The van der Waals surface area contributed by atoms with Gasteiger partial charge in [-0.05, 0) is 45.3 Å². The number of hydrogen-bond acceptors (Lipinski definition) is 4. The second-order valence-corrected chi connectivity index (χ2v) is 7.31. The van der Waals surface area contributed by atoms with Gasteiger partial charge >= 0.3 is 0 Å². The summed E-state index contributed by atoms with van der Waals surface area (Å²) in [5.41, 5.74) is 1.16. The monoisotopic (exact) mass is 391 g/mol. The summed E-state index contributed by atoms with van der Waals surface area (Å²) < 4.78 is 1.81. The van der Waals surface area contributed by atoms with Crippen molar-refractivity contribution in [2.45, 2.75) is 43.7 Å². The summed E-state index contributed by atoms with van der Waals surface area (Å²) in [6.07, 6.45) is 8.52. The minimum Gasteiger partial charge on any atom is -0.353 e. The van der Waals surface area contributed by atoms with E-state index in [-0.39, 0.29) is 42.6 Å². The van der Waals surface area contributed by atoms with Crippen molar-refractivity contribution in [3.63, 3.8) is 0 Å². The smallest absolute Gasteiger partial charge is 0.225 e. The Balaban J connectivity index is 0.00000156. The van der Waals surface area contributed by atoms with E-state index in [9.17, 15) is 4.79 Å². The number of nitrogens with one attached hydrogen (secondary N) is 2. The average Bonchev–Trinajstić information content (AvgIpc) is 3.15. The van der Waals surface area contributed by atoms with Crippen LogP contribution in [0.2, 0.25) is 0 Å². The van der Waals surface area contributed by atoms with Crippen LogP contribution in [0.4, 0.5) is 0 Å². The van der Waals surface area contributed by atoms with Gasteiger partial charge in [-0.1, -0.05) is 0 Å². The van der Waals surface area contributed by atoms with Crippen LogP contribution in [0.25, 0.3) is 0 Å². The van der Waals surface area contributed by atoms with Gasteiger partial charge in [-0.15, -0.1) is 24.8 Å². The third kappa shape index (κ3) is 5.33. The summed E-state index contributed by atoms with van der Waals surface area (Å²) in [5, 5.41) is 10.9. The van der Waals surface area contributed by atoms with Gasteiger partial charge in [0.2, 0.25) is 5.91 Å². The van der Waals surface area contributed by atoms with E-state index in [0.717, 1.165) is 31.5 Å². The molecule has 1 aromatic heterocycles. The molecule has 1 aliphatic heterocycles. The van der Waals surface area contributed by atoms with Crippen molar-refractivity contribution >= 4 is 30.7 Å². The van der Waals surface area contributed by atoms with Crippen LogP contribution in [-0.2, 0) is 11.8 Å². The van der Waals surface area contributed by atoms with Crippen LogP contribution >= 0.6 is 24.8 Å². The molecule has 8 heteroatoms. The fourth-order valence-corrected chi connectivity index (χ4v) is 4.01. The maximum absolute atomic E-state index is 12.8. The molecule has 0 radical (unpaired) electrons. The number of carbonyl (C=O) groups excluding carboxylic acids is 1. The predicted molar refractivity (Wildman–Crippen MR) is 105 cm³/mol. The maximum atomic E-state index is 12.8. The first-order valence-corrected chi connectivity index (χ1v) is 8.70. The third-order valence-electron chi connectivity index (χ3n) is 5.43. The zero-order valence-electron chi connectivity index (χ0n) is 15.3. The van der Waals surface area contributed by atoms with E-state index in [2.05, 4.69) is 34.7 Å². The Hall–Kier alpha value is -0.820. The molecule has 25 heavy (non-hydrogen) atoms. The molecule has 1 amide bonds. The quantitative estimate of drug-likeness (QED) is 0.817. The maximum Gasteiger partial charge on any atom is 0.225 e. The van der Waals surface area contributed by atoms with Crippen molar-refractivity contribution in [1.82, 2.24) is 25.3 Å². The summed E-state index contributed by atoms with van der Waals surface area (Å²) in [5.74, 6) is 0.448. The number of aryl methyl sites for hydroxylation is 1. The van der Waals surface area contributed by atoms with E-state index >= 15 is 0 Å². The standard InChI is InChI=1S/C17H29N5O.2ClH/c1-21(2)14-6-4-5-13(7-14)20-17(23)16-10-18-9-15(16)12-8-19-22(3)11-12;;/h8,11,13-16,18H,4-7,9-10H2,1-3H3,(H,20,23);2*1H/t13?,14?,15-,16+;;/m1../s1. The summed E-state index contributed by atoms with van der Waals surface area (Å²) in [7, 11) is 6.19. The highest BCUT2D eigenvalue weighted by Gasteiger charge is 2.36. The van der Waals surface area contributed by atoms with Crippen LogP contribution in [0.5, 0.6) is 0 Å². The Morgan fingerprint density at radius 3 is 2.72 bits per heavy atom. The number of rotatable bonds is 4. The lowest BCUT2D eigenvalue weighted by Gasteiger charge is -2.34. The molecule has 0 bridgehead atoms. The van der Waals surface area contributed by atoms with E-state index in [0.29, 0.717) is 12.1 Å². The van der Waals surface area contributed by atoms with Crippen LogP contribution in [0.15, 0.2) is 12.4 Å². The van der Waals surface area contributed by atoms with E-state index in [4.69, 9.17) is 0 Å². The molecule has 1 aromatic rings. The highest BCUT2D eigenvalue weighted by molar-refractivity contribution is 5.85. The zero-order valence-corrected chi connectivity index (χ0v) is 16.9. The Morgan fingerprint density at radius 2 is 2.08 bits per heavy atom. The number of amides is 1. The zero-order chi connectivity index (χ0) is 16.4. The molecule has 144 valence electrons. The highest BCUT2D eigenvalue weighted by atomic mass is 35.5. The first-order valence-electron chi connectivity index (χ1n) is 8.70. The van der Waals surface area contributed by atoms with Crippen LogP contribution in [-0.4, -0.2) is 59.9 Å². The number of aromatic nitrogens is 2. The number of carbonyl (C=O) groups is 1. The van der Waals surface area contributed by atoms with Gasteiger partial charge in [-0.25, -0.2) is 0 Å². The molecular weight excluding hydrogens is 361 g/mol. The molecule has 6 nitrogen and oxygen atoms in total. The fourth-order valence-electron chi connectivity index (χ4n) is 4.01. The summed E-state index contributed by atoms with van der Waals surface area (Å²) >= 11 is 0. The molecule has 3 rings (SSSR count). The van der Waals surface area contributed by atoms with E-state index in [1.807, 2.05) is 24.1 Å². The molecule has 1 saturated carbocycles. The topological polar surface area (TPSA) is 62.2 Å². The molecule has 2 heterocycles. The fraction of sp³-hybridized carbons (Fsp3) is 0.765. The van der Waals surface area contributed by atoms with E-state index in [1.165, 1.54) is 12.8 Å². The lowest BCUT2D eigenvalue weighted by molar-refractivity contribution is -0.125. The van der Waals surface area contributed by atoms with Crippen molar-refractivity contribution < 1.29 is 4.79 Å². The SMILES string of the molecule is CN(C)C1CCCC(NC(=O)[C@H]2CNC[C@@H]2c2cnn(C)c2)C1.Cl.Cl. The van der Waals surface area contributed by atoms with Gasteiger partial charge in [-0.3, -0.25) is 9.48 Å². The summed E-state index contributed by atoms with van der Waals surface area (Å²) in [6, 6.07) is 0.906. The van der Waals surface area contributed by atoms with Crippen molar-refractivity contribution in [2.24, 2.45) is 13.0 Å². The van der Waals surface area contributed by atoms with Gasteiger partial charge < -0.3 is 15.5 Å². The van der Waals surface area contributed by atoms with Crippen molar-refractivity contribution in [3.05, 3.63) is 18.0 Å². The van der Waals surface area contributed by atoms with Gasteiger partial charge in [0.05, 0.1) is 12.1 Å². The molecule has 2 aliphatic rings. The molecule has 0 aromatic carbocycles. The van der Waals surface area contributed by atoms with Crippen molar-refractivity contribution in [3.8, 4) is 0 Å². The predicted octanol–water partition coefficient (Wildman–Crippen LogP) is 1.56. The Morgan fingerprint density at radius 1 is 1.32 bits per heavy atom. The van der Waals surface area contributed by atoms with Gasteiger partial charge in [-0.2, -0.15) is 5.10 Å². The Bertz CT molecular complexity index is 551. The molecule has 2 unspecified atom stereocenters. The van der Waals surface area contributed by atoms with Gasteiger partial charge in [0.15, 0.2) is 0 Å². The molecule has 2 N–H and O–H groups in total. The van der Waals surface area contributed by atoms with Crippen LogP contribution in [0, 0.1) is 5.92 Å². The average molecular weight is 392 g/mol. The van der Waals surface area contributed by atoms with E-state index < -0.39 is 0 Å². The normalized spacial score (nSPS) is 29.0. The lowest BCUT2D eigenvalue weighted by atomic mass is 9.87. The first-order chi connectivity index (χ1) is 11.0. The Kier molecular flexibility index (Phi) is 8.68. The van der Waals surface area contributed by atoms with Crippen molar-refractivity contribution in [2.75, 3.05) is 27.2 Å².